The summed E-state index contributed by atoms with van der Waals surface area (Å²) >= 11 is 0. The lowest BCUT2D eigenvalue weighted by Crippen LogP contribution is -2.45. The van der Waals surface area contributed by atoms with Crippen LogP contribution in [0.2, 0.25) is 0 Å². The highest BCUT2D eigenvalue weighted by molar-refractivity contribution is 7.89. The second-order valence-electron chi connectivity index (χ2n) is 7.43. The molecule has 0 radical (unpaired) electrons. The van der Waals surface area contributed by atoms with Gasteiger partial charge in [-0.3, -0.25) is 14.4 Å². The first-order chi connectivity index (χ1) is 15.8. The second kappa shape index (κ2) is 8.87. The molecule has 3 aromatic carbocycles. The molecule has 168 valence electrons. The van der Waals surface area contributed by atoms with Crippen LogP contribution in [-0.4, -0.2) is 23.6 Å². The number of nitrogens with zero attached hydrogens (tertiary/aromatic N) is 2. The van der Waals surface area contributed by atoms with Gasteiger partial charge in [0.05, 0.1) is 15.4 Å². The summed E-state index contributed by atoms with van der Waals surface area (Å²) < 4.78 is 33.3. The second-order valence-corrected chi connectivity index (χ2v) is 9.24. The number of esters is 1. The molecule has 0 amide bonds. The van der Waals surface area contributed by atoms with Crippen molar-refractivity contribution >= 4 is 21.7 Å². The van der Waals surface area contributed by atoms with Crippen LogP contribution in [0.3, 0.4) is 0 Å². The smallest absolute Gasteiger partial charge is 0.338 e. The van der Waals surface area contributed by atoms with Crippen LogP contribution in [0.25, 0.3) is 0 Å². The highest BCUT2D eigenvalue weighted by atomic mass is 32.2. The highest BCUT2D eigenvalue weighted by Crippen LogP contribution is 2.47. The first kappa shape index (κ1) is 22.2. The number of ether oxygens (including phenoxy) is 1. The van der Waals surface area contributed by atoms with Gasteiger partial charge >= 0.3 is 5.97 Å². The third-order valence-electron chi connectivity index (χ3n) is 5.38. The van der Waals surface area contributed by atoms with Crippen molar-refractivity contribution in [2.24, 2.45) is 0 Å². The molecule has 1 atom stereocenters. The SMILES string of the molecule is CC1=C(C(=O)OCc2ccccc2)C(c2ccc([N+](=O)[O-])cc2)N1S(=O)(=O)c1ccccc1. The summed E-state index contributed by atoms with van der Waals surface area (Å²) in [6.07, 6.45) is 0. The molecule has 0 bridgehead atoms. The molecule has 3 aromatic rings. The van der Waals surface area contributed by atoms with Crippen molar-refractivity contribution in [3.63, 3.8) is 0 Å². The van der Waals surface area contributed by atoms with Crippen molar-refractivity contribution in [1.29, 1.82) is 0 Å². The third kappa shape index (κ3) is 4.22. The Bertz CT molecular complexity index is 1320. The van der Waals surface area contributed by atoms with Crippen LogP contribution >= 0.6 is 0 Å². The minimum atomic E-state index is -3.97. The zero-order valence-corrected chi connectivity index (χ0v) is 18.4. The zero-order chi connectivity index (χ0) is 23.6. The quantitative estimate of drug-likeness (QED) is 0.292. The molecule has 1 unspecified atom stereocenters. The maximum Gasteiger partial charge on any atom is 0.338 e. The number of rotatable bonds is 7. The Balaban J connectivity index is 1.71. The fourth-order valence-corrected chi connectivity index (χ4v) is 5.42. The Labute approximate surface area is 190 Å². The molecule has 8 nitrogen and oxygen atoms in total. The van der Waals surface area contributed by atoms with Crippen molar-refractivity contribution in [1.82, 2.24) is 4.31 Å². The molecule has 0 saturated heterocycles. The molecular formula is C24H20N2O6S. The lowest BCUT2D eigenvalue weighted by molar-refractivity contribution is -0.384. The van der Waals surface area contributed by atoms with E-state index in [9.17, 15) is 23.3 Å². The Kier molecular flexibility index (Phi) is 5.97. The minimum absolute atomic E-state index is 0.0366. The molecular weight excluding hydrogens is 444 g/mol. The average Bonchev–Trinajstić information content (AvgIpc) is 2.82. The minimum Gasteiger partial charge on any atom is -0.457 e. The van der Waals surface area contributed by atoms with Crippen LogP contribution < -0.4 is 0 Å². The van der Waals surface area contributed by atoms with E-state index in [2.05, 4.69) is 0 Å². The lowest BCUT2D eigenvalue weighted by Gasteiger charge is -2.43. The topological polar surface area (TPSA) is 107 Å². The predicted molar refractivity (Wildman–Crippen MR) is 120 cm³/mol. The van der Waals surface area contributed by atoms with E-state index < -0.39 is 27.0 Å². The van der Waals surface area contributed by atoms with E-state index in [4.69, 9.17) is 4.74 Å². The van der Waals surface area contributed by atoms with Crippen molar-refractivity contribution in [2.45, 2.75) is 24.5 Å². The Morgan fingerprint density at radius 1 is 0.970 bits per heavy atom. The lowest BCUT2D eigenvalue weighted by atomic mass is 9.90. The van der Waals surface area contributed by atoms with Gasteiger partial charge in [-0.15, -0.1) is 0 Å². The van der Waals surface area contributed by atoms with E-state index in [1.54, 1.807) is 25.1 Å². The number of benzene rings is 3. The Hall–Kier alpha value is -3.98. The van der Waals surface area contributed by atoms with Crippen LogP contribution in [0, 0.1) is 10.1 Å². The summed E-state index contributed by atoms with van der Waals surface area (Å²) in [6, 6.07) is 21.5. The number of carbonyl (C=O) groups is 1. The van der Waals surface area contributed by atoms with Crippen LogP contribution in [0.15, 0.2) is 101 Å². The molecule has 4 rings (SSSR count). The van der Waals surface area contributed by atoms with Crippen LogP contribution in [-0.2, 0) is 26.2 Å². The van der Waals surface area contributed by atoms with Gasteiger partial charge in [0.2, 0.25) is 0 Å². The molecule has 1 aliphatic rings. The van der Waals surface area contributed by atoms with Crippen molar-refractivity contribution in [3.8, 4) is 0 Å². The molecule has 9 heteroatoms. The van der Waals surface area contributed by atoms with Gasteiger partial charge in [-0.25, -0.2) is 13.2 Å². The van der Waals surface area contributed by atoms with Crippen molar-refractivity contribution in [2.75, 3.05) is 0 Å². The molecule has 0 aromatic heterocycles. The molecule has 1 heterocycles. The van der Waals surface area contributed by atoms with Crippen molar-refractivity contribution < 1.29 is 22.9 Å². The van der Waals surface area contributed by atoms with E-state index >= 15 is 0 Å². The monoisotopic (exact) mass is 464 g/mol. The molecule has 0 spiro atoms. The summed E-state index contributed by atoms with van der Waals surface area (Å²) in [7, 11) is -3.97. The molecule has 0 N–H and O–H groups in total. The molecule has 1 aliphatic heterocycles. The predicted octanol–water partition coefficient (Wildman–Crippen LogP) is 4.36. The number of hydrogen-bond donors (Lipinski definition) is 0. The normalized spacial score (nSPS) is 15.7. The largest absolute Gasteiger partial charge is 0.457 e. The van der Waals surface area contributed by atoms with Crippen LogP contribution in [0.5, 0.6) is 0 Å². The van der Waals surface area contributed by atoms with E-state index in [1.807, 2.05) is 30.3 Å². The molecule has 0 saturated carbocycles. The van der Waals surface area contributed by atoms with Gasteiger partial charge in [-0.1, -0.05) is 48.5 Å². The number of hydrogen-bond acceptors (Lipinski definition) is 6. The van der Waals surface area contributed by atoms with Gasteiger partial charge in [0, 0.05) is 17.8 Å². The van der Waals surface area contributed by atoms with Gasteiger partial charge in [0.15, 0.2) is 0 Å². The molecule has 0 aliphatic carbocycles. The van der Waals surface area contributed by atoms with E-state index in [0.29, 0.717) is 5.56 Å². The van der Waals surface area contributed by atoms with E-state index in [0.717, 1.165) is 9.87 Å². The summed E-state index contributed by atoms with van der Waals surface area (Å²) in [5, 5.41) is 11.0. The molecule has 0 fully saturated rings. The fraction of sp³-hybridized carbons (Fsp3) is 0.125. The van der Waals surface area contributed by atoms with Crippen LogP contribution in [0.1, 0.15) is 24.1 Å². The van der Waals surface area contributed by atoms with Gasteiger partial charge < -0.3 is 4.74 Å². The zero-order valence-electron chi connectivity index (χ0n) is 17.6. The number of allylic oxidation sites excluding steroid dienone is 1. The van der Waals surface area contributed by atoms with E-state index in [-0.39, 0.29) is 28.5 Å². The maximum absolute atomic E-state index is 13.4. The molecule has 33 heavy (non-hydrogen) atoms. The third-order valence-corrected chi connectivity index (χ3v) is 7.25. The summed E-state index contributed by atoms with van der Waals surface area (Å²) in [6.45, 7) is 1.58. The van der Waals surface area contributed by atoms with Gasteiger partial charge in [-0.05, 0) is 42.3 Å². The van der Waals surface area contributed by atoms with Crippen LogP contribution in [0.4, 0.5) is 5.69 Å². The summed E-state index contributed by atoms with van der Waals surface area (Å²) in [4.78, 5) is 23.5. The maximum atomic E-state index is 13.4. The highest BCUT2D eigenvalue weighted by Gasteiger charge is 2.47. The van der Waals surface area contributed by atoms with Gasteiger partial charge in [0.1, 0.15) is 12.6 Å². The van der Waals surface area contributed by atoms with E-state index in [1.165, 1.54) is 36.4 Å². The van der Waals surface area contributed by atoms with Gasteiger partial charge in [-0.2, -0.15) is 0 Å². The average molecular weight is 464 g/mol. The number of carbonyl (C=O) groups excluding carboxylic acids is 1. The first-order valence-corrected chi connectivity index (χ1v) is 11.5. The van der Waals surface area contributed by atoms with Crippen molar-refractivity contribution in [3.05, 3.63) is 117 Å². The first-order valence-electron chi connectivity index (χ1n) is 10.1. The Morgan fingerprint density at radius 2 is 1.55 bits per heavy atom. The number of sulfonamides is 1. The standard InChI is InChI=1S/C24H20N2O6S/c1-17-22(24(27)32-16-18-8-4-2-5-9-18)23(19-12-14-20(15-13-19)26(28)29)25(17)33(30,31)21-10-6-3-7-11-21/h2-15,23H,16H2,1H3. The number of non-ortho nitro benzene ring substituents is 1. The summed E-state index contributed by atoms with van der Waals surface area (Å²) in [5.74, 6) is -0.640. The number of nitro groups is 1. The number of nitro benzene ring substituents is 1. The van der Waals surface area contributed by atoms with Gasteiger partial charge in [0.25, 0.3) is 15.7 Å². The fourth-order valence-electron chi connectivity index (χ4n) is 3.73. The summed E-state index contributed by atoms with van der Waals surface area (Å²) in [5.41, 5.74) is 1.53. The Morgan fingerprint density at radius 3 is 2.12 bits per heavy atom.